The van der Waals surface area contributed by atoms with Gasteiger partial charge in [0.25, 0.3) is 0 Å². The fraction of sp³-hybridized carbons (Fsp3) is 0.417. The third-order valence-corrected chi connectivity index (χ3v) is 2.54. The van der Waals surface area contributed by atoms with Crippen molar-refractivity contribution in [1.29, 1.82) is 0 Å². The smallest absolute Gasteiger partial charge is 0.308 e. The summed E-state index contributed by atoms with van der Waals surface area (Å²) in [6.45, 7) is 6.09. The molecule has 1 saturated heterocycles. The molecule has 3 heteroatoms. The van der Waals surface area contributed by atoms with E-state index in [0.29, 0.717) is 12.4 Å². The molecule has 1 aromatic rings. The van der Waals surface area contributed by atoms with E-state index in [4.69, 9.17) is 9.47 Å². The molecule has 0 aromatic heterocycles. The Hall–Kier alpha value is -1.35. The number of carbonyl (C=O) groups is 1. The SMILES string of the molecule is CC(=O)Oc1ccc(C)cc1C1(C)CO1. The van der Waals surface area contributed by atoms with Crippen LogP contribution in [0.5, 0.6) is 5.75 Å². The summed E-state index contributed by atoms with van der Waals surface area (Å²) in [5, 5.41) is 0. The number of hydrogen-bond donors (Lipinski definition) is 0. The Balaban J connectivity index is 2.40. The van der Waals surface area contributed by atoms with Crippen LogP contribution < -0.4 is 4.74 Å². The summed E-state index contributed by atoms with van der Waals surface area (Å²) < 4.78 is 10.5. The van der Waals surface area contributed by atoms with Gasteiger partial charge in [0.15, 0.2) is 0 Å². The van der Waals surface area contributed by atoms with Crippen LogP contribution in [0.15, 0.2) is 18.2 Å². The first-order chi connectivity index (χ1) is 7.01. The van der Waals surface area contributed by atoms with E-state index in [9.17, 15) is 4.79 Å². The molecule has 1 aliphatic rings. The molecule has 1 unspecified atom stereocenters. The molecular weight excluding hydrogens is 192 g/mol. The maximum absolute atomic E-state index is 10.9. The number of aryl methyl sites for hydroxylation is 1. The highest BCUT2D eigenvalue weighted by molar-refractivity contribution is 5.70. The Labute approximate surface area is 89.0 Å². The molecule has 0 bridgehead atoms. The summed E-state index contributed by atoms with van der Waals surface area (Å²) in [5.74, 6) is 0.303. The summed E-state index contributed by atoms with van der Waals surface area (Å²) in [6, 6.07) is 5.75. The summed E-state index contributed by atoms with van der Waals surface area (Å²) in [7, 11) is 0. The van der Waals surface area contributed by atoms with Crippen LogP contribution in [0.25, 0.3) is 0 Å². The number of carbonyl (C=O) groups excluding carboxylic acids is 1. The average Bonchev–Trinajstić information content (AvgIpc) is 2.87. The van der Waals surface area contributed by atoms with Crippen LogP contribution in [0, 0.1) is 6.92 Å². The molecule has 2 rings (SSSR count). The Kier molecular flexibility index (Phi) is 2.27. The second-order valence-corrected chi connectivity index (χ2v) is 4.11. The predicted octanol–water partition coefficient (Wildman–Crippen LogP) is 2.17. The summed E-state index contributed by atoms with van der Waals surface area (Å²) in [6.07, 6.45) is 0. The lowest BCUT2D eigenvalue weighted by atomic mass is 9.99. The zero-order valence-electron chi connectivity index (χ0n) is 9.16. The standard InChI is InChI=1S/C12H14O3/c1-8-4-5-11(15-9(2)13)10(6-8)12(3)7-14-12/h4-6H,7H2,1-3H3. The van der Waals surface area contributed by atoms with Crippen molar-refractivity contribution < 1.29 is 14.3 Å². The lowest BCUT2D eigenvalue weighted by Crippen LogP contribution is -2.09. The largest absolute Gasteiger partial charge is 0.426 e. The fourth-order valence-corrected chi connectivity index (χ4v) is 1.56. The molecule has 3 nitrogen and oxygen atoms in total. The van der Waals surface area contributed by atoms with Gasteiger partial charge in [-0.3, -0.25) is 4.79 Å². The lowest BCUT2D eigenvalue weighted by Gasteiger charge is -2.12. The van der Waals surface area contributed by atoms with E-state index in [-0.39, 0.29) is 11.6 Å². The van der Waals surface area contributed by atoms with Crippen molar-refractivity contribution in [2.45, 2.75) is 26.4 Å². The van der Waals surface area contributed by atoms with Gasteiger partial charge in [0.05, 0.1) is 6.61 Å². The number of rotatable bonds is 2. The van der Waals surface area contributed by atoms with Crippen molar-refractivity contribution >= 4 is 5.97 Å². The molecule has 0 N–H and O–H groups in total. The highest BCUT2D eigenvalue weighted by atomic mass is 16.6. The maximum Gasteiger partial charge on any atom is 0.308 e. The molecular formula is C12H14O3. The molecule has 1 atom stereocenters. The van der Waals surface area contributed by atoms with Gasteiger partial charge in [0.2, 0.25) is 0 Å². The Morgan fingerprint density at radius 1 is 1.53 bits per heavy atom. The molecule has 0 radical (unpaired) electrons. The van der Waals surface area contributed by atoms with Crippen LogP contribution in [0.1, 0.15) is 25.0 Å². The molecule has 0 aliphatic carbocycles. The van der Waals surface area contributed by atoms with Crippen LogP contribution >= 0.6 is 0 Å². The van der Waals surface area contributed by atoms with Gasteiger partial charge < -0.3 is 9.47 Å². The molecule has 0 spiro atoms. The number of hydrogen-bond acceptors (Lipinski definition) is 3. The average molecular weight is 206 g/mol. The highest BCUT2D eigenvalue weighted by Crippen LogP contribution is 2.43. The topological polar surface area (TPSA) is 38.8 Å². The van der Waals surface area contributed by atoms with Crippen LogP contribution in [-0.4, -0.2) is 12.6 Å². The summed E-state index contributed by atoms with van der Waals surface area (Å²) >= 11 is 0. The second kappa shape index (κ2) is 3.35. The van der Waals surface area contributed by atoms with E-state index < -0.39 is 0 Å². The zero-order valence-corrected chi connectivity index (χ0v) is 9.16. The molecule has 0 saturated carbocycles. The van der Waals surface area contributed by atoms with E-state index >= 15 is 0 Å². The van der Waals surface area contributed by atoms with E-state index in [2.05, 4.69) is 0 Å². The number of esters is 1. The van der Waals surface area contributed by atoms with Crippen molar-refractivity contribution in [2.75, 3.05) is 6.61 Å². The third-order valence-electron chi connectivity index (χ3n) is 2.54. The minimum Gasteiger partial charge on any atom is -0.426 e. The van der Waals surface area contributed by atoms with Crippen LogP contribution in [0.4, 0.5) is 0 Å². The summed E-state index contributed by atoms with van der Waals surface area (Å²) in [5.41, 5.74) is 1.83. The van der Waals surface area contributed by atoms with E-state index in [0.717, 1.165) is 11.1 Å². The first-order valence-electron chi connectivity index (χ1n) is 4.95. The van der Waals surface area contributed by atoms with Crippen molar-refractivity contribution in [1.82, 2.24) is 0 Å². The molecule has 80 valence electrons. The molecule has 1 aliphatic heterocycles. The van der Waals surface area contributed by atoms with Gasteiger partial charge in [0, 0.05) is 12.5 Å². The monoisotopic (exact) mass is 206 g/mol. The Morgan fingerprint density at radius 2 is 2.20 bits per heavy atom. The van der Waals surface area contributed by atoms with Crippen LogP contribution in [0.3, 0.4) is 0 Å². The van der Waals surface area contributed by atoms with Crippen molar-refractivity contribution in [3.05, 3.63) is 29.3 Å². The molecule has 0 amide bonds. The van der Waals surface area contributed by atoms with Gasteiger partial charge in [-0.2, -0.15) is 0 Å². The zero-order chi connectivity index (χ0) is 11.1. The normalized spacial score (nSPS) is 23.7. The summed E-state index contributed by atoms with van der Waals surface area (Å²) in [4.78, 5) is 10.9. The number of ether oxygens (including phenoxy) is 2. The van der Waals surface area contributed by atoms with E-state index in [1.807, 2.05) is 32.0 Å². The second-order valence-electron chi connectivity index (χ2n) is 4.11. The van der Waals surface area contributed by atoms with E-state index in [1.165, 1.54) is 6.92 Å². The number of epoxide rings is 1. The van der Waals surface area contributed by atoms with Gasteiger partial charge in [-0.05, 0) is 26.0 Å². The quantitative estimate of drug-likeness (QED) is 0.423. The van der Waals surface area contributed by atoms with Crippen molar-refractivity contribution in [3.63, 3.8) is 0 Å². The predicted molar refractivity (Wildman–Crippen MR) is 55.8 cm³/mol. The third kappa shape index (κ3) is 2.02. The lowest BCUT2D eigenvalue weighted by molar-refractivity contribution is -0.131. The first kappa shape index (κ1) is 10.2. The Bertz CT molecular complexity index is 405. The molecule has 1 aromatic carbocycles. The van der Waals surface area contributed by atoms with Gasteiger partial charge >= 0.3 is 5.97 Å². The van der Waals surface area contributed by atoms with Gasteiger partial charge in [-0.25, -0.2) is 0 Å². The van der Waals surface area contributed by atoms with Crippen molar-refractivity contribution in [3.8, 4) is 5.75 Å². The first-order valence-corrected chi connectivity index (χ1v) is 4.95. The fourth-order valence-electron chi connectivity index (χ4n) is 1.56. The van der Waals surface area contributed by atoms with Crippen LogP contribution in [-0.2, 0) is 15.1 Å². The highest BCUT2D eigenvalue weighted by Gasteiger charge is 2.43. The van der Waals surface area contributed by atoms with E-state index in [1.54, 1.807) is 0 Å². The van der Waals surface area contributed by atoms with Gasteiger partial charge in [-0.15, -0.1) is 0 Å². The minimum absolute atomic E-state index is 0.267. The van der Waals surface area contributed by atoms with Gasteiger partial charge in [0.1, 0.15) is 11.4 Å². The molecule has 1 fully saturated rings. The molecule has 1 heterocycles. The minimum atomic E-state index is -0.302. The number of benzene rings is 1. The van der Waals surface area contributed by atoms with Crippen molar-refractivity contribution in [2.24, 2.45) is 0 Å². The maximum atomic E-state index is 10.9. The Morgan fingerprint density at radius 3 is 2.73 bits per heavy atom. The van der Waals surface area contributed by atoms with Crippen LogP contribution in [0.2, 0.25) is 0 Å². The molecule has 15 heavy (non-hydrogen) atoms. The van der Waals surface area contributed by atoms with Gasteiger partial charge in [-0.1, -0.05) is 11.6 Å².